The summed E-state index contributed by atoms with van der Waals surface area (Å²) in [5.74, 6) is 1.90. The van der Waals surface area contributed by atoms with Crippen LogP contribution in [0.5, 0.6) is 0 Å². The second kappa shape index (κ2) is 2.85. The summed E-state index contributed by atoms with van der Waals surface area (Å²) in [6, 6.07) is 0. The van der Waals surface area contributed by atoms with Crippen molar-refractivity contribution in [1.82, 2.24) is 19.9 Å². The highest BCUT2D eigenvalue weighted by molar-refractivity contribution is 5.54. The molecule has 0 atom stereocenters. The predicted molar refractivity (Wildman–Crippen MR) is 48.8 cm³/mol. The number of aromatic amines is 1. The van der Waals surface area contributed by atoms with E-state index < -0.39 is 0 Å². The standard InChI is InChI=1S/C8H9N5/c1-5-10-2-6(3-11-5)8-12-4-7(9)13-8/h2-4H,9H2,1H3,(H,12,13). The third-order valence-electron chi connectivity index (χ3n) is 1.65. The minimum Gasteiger partial charge on any atom is -0.382 e. The maximum Gasteiger partial charge on any atom is 0.142 e. The lowest BCUT2D eigenvalue weighted by molar-refractivity contribution is 1.05. The summed E-state index contributed by atoms with van der Waals surface area (Å²) in [6.07, 6.45) is 5.05. The van der Waals surface area contributed by atoms with E-state index in [4.69, 9.17) is 5.73 Å². The fraction of sp³-hybridized carbons (Fsp3) is 0.125. The van der Waals surface area contributed by atoms with Crippen LogP contribution in [0, 0.1) is 6.92 Å². The minimum atomic E-state index is 0.468. The van der Waals surface area contributed by atoms with Gasteiger partial charge in [0, 0.05) is 18.6 Å². The van der Waals surface area contributed by atoms with Crippen molar-refractivity contribution in [3.63, 3.8) is 0 Å². The summed E-state index contributed by atoms with van der Waals surface area (Å²) in [6.45, 7) is 1.83. The number of imidazole rings is 1. The quantitative estimate of drug-likeness (QED) is 0.670. The number of nitrogens with two attached hydrogens (primary N) is 1. The molecule has 3 N–H and O–H groups in total. The van der Waals surface area contributed by atoms with Crippen LogP contribution in [0.3, 0.4) is 0 Å². The van der Waals surface area contributed by atoms with Crippen LogP contribution in [0.15, 0.2) is 18.6 Å². The molecule has 5 heteroatoms. The van der Waals surface area contributed by atoms with Gasteiger partial charge >= 0.3 is 0 Å². The average molecular weight is 175 g/mol. The van der Waals surface area contributed by atoms with E-state index in [1.165, 1.54) is 0 Å². The van der Waals surface area contributed by atoms with Crippen molar-refractivity contribution in [3.05, 3.63) is 24.4 Å². The molecule has 5 nitrogen and oxygen atoms in total. The lowest BCUT2D eigenvalue weighted by Crippen LogP contribution is -1.89. The summed E-state index contributed by atoms with van der Waals surface area (Å²) in [5, 5.41) is 0. The van der Waals surface area contributed by atoms with Gasteiger partial charge in [-0.2, -0.15) is 0 Å². The molecule has 0 aliphatic rings. The third-order valence-corrected chi connectivity index (χ3v) is 1.65. The van der Waals surface area contributed by atoms with Crippen LogP contribution in [-0.2, 0) is 0 Å². The number of aromatic nitrogens is 4. The van der Waals surface area contributed by atoms with Crippen molar-refractivity contribution in [1.29, 1.82) is 0 Å². The highest BCUT2D eigenvalue weighted by Gasteiger charge is 2.01. The second-order valence-corrected chi connectivity index (χ2v) is 2.69. The molecule has 66 valence electrons. The molecule has 0 saturated carbocycles. The first-order valence-corrected chi connectivity index (χ1v) is 3.85. The Morgan fingerprint density at radius 1 is 1.31 bits per heavy atom. The smallest absolute Gasteiger partial charge is 0.142 e. The lowest BCUT2D eigenvalue weighted by atomic mass is 10.3. The molecule has 2 aromatic heterocycles. The Hall–Kier alpha value is -1.91. The molecule has 0 fully saturated rings. The summed E-state index contributed by atoms with van der Waals surface area (Å²) < 4.78 is 0. The molecule has 0 unspecified atom stereocenters. The summed E-state index contributed by atoms with van der Waals surface area (Å²) in [5.41, 5.74) is 6.30. The summed E-state index contributed by atoms with van der Waals surface area (Å²) >= 11 is 0. The van der Waals surface area contributed by atoms with Crippen molar-refractivity contribution >= 4 is 5.82 Å². The van der Waals surface area contributed by atoms with Gasteiger partial charge in [0.15, 0.2) is 0 Å². The number of anilines is 1. The van der Waals surface area contributed by atoms with Gasteiger partial charge in [-0.3, -0.25) is 0 Å². The van der Waals surface area contributed by atoms with E-state index in [1.807, 2.05) is 6.92 Å². The number of nitrogens with one attached hydrogen (secondary N) is 1. The highest BCUT2D eigenvalue weighted by Crippen LogP contribution is 2.13. The molecule has 0 saturated heterocycles. The lowest BCUT2D eigenvalue weighted by Gasteiger charge is -1.94. The molecule has 0 aromatic carbocycles. The zero-order chi connectivity index (χ0) is 9.26. The van der Waals surface area contributed by atoms with Crippen LogP contribution in [0.25, 0.3) is 11.4 Å². The predicted octanol–water partition coefficient (Wildman–Crippen LogP) is 0.757. The maximum absolute atomic E-state index is 5.46. The van der Waals surface area contributed by atoms with Gasteiger partial charge in [-0.15, -0.1) is 0 Å². The Morgan fingerprint density at radius 2 is 2.00 bits per heavy atom. The molecule has 13 heavy (non-hydrogen) atoms. The molecule has 0 bridgehead atoms. The second-order valence-electron chi connectivity index (χ2n) is 2.69. The van der Waals surface area contributed by atoms with Crippen LogP contribution >= 0.6 is 0 Å². The zero-order valence-corrected chi connectivity index (χ0v) is 7.15. The molecular formula is C8H9N5. The van der Waals surface area contributed by atoms with Crippen LogP contribution < -0.4 is 5.73 Å². The first kappa shape index (κ1) is 7.72. The number of nitrogens with zero attached hydrogens (tertiary/aromatic N) is 3. The molecule has 0 spiro atoms. The van der Waals surface area contributed by atoms with Crippen LogP contribution in [-0.4, -0.2) is 19.9 Å². The van der Waals surface area contributed by atoms with E-state index in [0.717, 1.165) is 11.4 Å². The fourth-order valence-electron chi connectivity index (χ4n) is 0.999. The number of H-pyrrole nitrogens is 1. The maximum atomic E-state index is 5.46. The van der Waals surface area contributed by atoms with E-state index in [1.54, 1.807) is 18.6 Å². The monoisotopic (exact) mass is 175 g/mol. The highest BCUT2D eigenvalue weighted by atomic mass is 15.0. The van der Waals surface area contributed by atoms with Crippen molar-refractivity contribution in [2.75, 3.05) is 5.73 Å². The van der Waals surface area contributed by atoms with Gasteiger partial charge in [0.1, 0.15) is 17.5 Å². The van der Waals surface area contributed by atoms with Gasteiger partial charge in [0.05, 0.1) is 5.56 Å². The largest absolute Gasteiger partial charge is 0.382 e. The minimum absolute atomic E-state index is 0.468. The Morgan fingerprint density at radius 3 is 2.54 bits per heavy atom. The number of hydrogen-bond acceptors (Lipinski definition) is 4. The van der Waals surface area contributed by atoms with Crippen LogP contribution in [0.2, 0.25) is 0 Å². The Kier molecular flexibility index (Phi) is 1.70. The van der Waals surface area contributed by atoms with E-state index in [0.29, 0.717) is 11.6 Å². The topological polar surface area (TPSA) is 80.5 Å². The third kappa shape index (κ3) is 1.48. The SMILES string of the molecule is Cc1ncc(-c2nc(N)c[nH]2)cn1. The molecule has 2 aromatic rings. The van der Waals surface area contributed by atoms with E-state index in [-0.39, 0.29) is 0 Å². The van der Waals surface area contributed by atoms with E-state index in [2.05, 4.69) is 19.9 Å². The summed E-state index contributed by atoms with van der Waals surface area (Å²) in [7, 11) is 0. The normalized spacial score (nSPS) is 10.2. The fourth-order valence-corrected chi connectivity index (χ4v) is 0.999. The van der Waals surface area contributed by atoms with Crippen LogP contribution in [0.1, 0.15) is 5.82 Å². The first-order valence-electron chi connectivity index (χ1n) is 3.85. The van der Waals surface area contributed by atoms with Crippen molar-refractivity contribution in [2.45, 2.75) is 6.92 Å². The number of nitrogen functional groups attached to an aromatic ring is 1. The van der Waals surface area contributed by atoms with E-state index in [9.17, 15) is 0 Å². The Labute approximate surface area is 75.1 Å². The van der Waals surface area contributed by atoms with Crippen LogP contribution in [0.4, 0.5) is 5.82 Å². The molecule has 2 rings (SSSR count). The summed E-state index contributed by atoms with van der Waals surface area (Å²) in [4.78, 5) is 15.1. The van der Waals surface area contributed by atoms with Gasteiger partial charge in [-0.1, -0.05) is 0 Å². The van der Waals surface area contributed by atoms with Gasteiger partial charge in [0.25, 0.3) is 0 Å². The van der Waals surface area contributed by atoms with E-state index >= 15 is 0 Å². The molecule has 0 aliphatic heterocycles. The van der Waals surface area contributed by atoms with Gasteiger partial charge < -0.3 is 10.7 Å². The van der Waals surface area contributed by atoms with Crippen molar-refractivity contribution in [3.8, 4) is 11.4 Å². The molecule has 2 heterocycles. The molecular weight excluding hydrogens is 166 g/mol. The zero-order valence-electron chi connectivity index (χ0n) is 7.15. The van der Waals surface area contributed by atoms with Gasteiger partial charge in [-0.05, 0) is 6.92 Å². The molecule has 0 radical (unpaired) electrons. The Bertz CT molecular complexity index is 403. The number of hydrogen-bond donors (Lipinski definition) is 2. The molecule has 0 amide bonds. The van der Waals surface area contributed by atoms with Crippen molar-refractivity contribution in [2.24, 2.45) is 0 Å². The Balaban J connectivity index is 2.41. The van der Waals surface area contributed by atoms with Gasteiger partial charge in [-0.25, -0.2) is 15.0 Å². The average Bonchev–Trinajstić information content (AvgIpc) is 2.53. The first-order chi connectivity index (χ1) is 6.25. The van der Waals surface area contributed by atoms with Crippen molar-refractivity contribution < 1.29 is 0 Å². The number of rotatable bonds is 1. The number of aryl methyl sites for hydroxylation is 1. The molecule has 0 aliphatic carbocycles. The van der Waals surface area contributed by atoms with Gasteiger partial charge in [0.2, 0.25) is 0 Å².